The van der Waals surface area contributed by atoms with Gasteiger partial charge in [0.25, 0.3) is 11.8 Å². The van der Waals surface area contributed by atoms with Crippen LogP contribution in [0.5, 0.6) is 0 Å². The number of nitrogens with one attached hydrogen (secondary N) is 1. The van der Waals surface area contributed by atoms with Gasteiger partial charge in [0.2, 0.25) is 5.79 Å². The van der Waals surface area contributed by atoms with E-state index in [0.29, 0.717) is 40.7 Å². The van der Waals surface area contributed by atoms with Gasteiger partial charge < -0.3 is 4.74 Å². The normalized spacial score (nSPS) is 27.1. The zero-order valence-corrected chi connectivity index (χ0v) is 20.7. The zero-order chi connectivity index (χ0) is 26.8. The van der Waals surface area contributed by atoms with Crippen molar-refractivity contribution in [2.24, 2.45) is 0 Å². The molecule has 3 atom stereocenters. The first-order valence-corrected chi connectivity index (χ1v) is 12.9. The summed E-state index contributed by atoms with van der Waals surface area (Å²) in [6.45, 7) is 0. The molecule has 1 saturated heterocycles. The Morgan fingerprint density at radius 2 is 1.38 bits per heavy atom. The summed E-state index contributed by atoms with van der Waals surface area (Å²) in [6.07, 6.45) is 3.95. The average molecular weight is 531 g/mol. The fraction of sp³-hybridized carbons (Fsp3) is 0.267. The molecular weight excluding hydrogens is 506 g/mol. The summed E-state index contributed by atoms with van der Waals surface area (Å²) in [7, 11) is 0. The minimum atomic E-state index is -1.35. The molecule has 198 valence electrons. The molecule has 2 aliphatic heterocycles. The van der Waals surface area contributed by atoms with Crippen LogP contribution in [0.2, 0.25) is 0 Å². The minimum Gasteiger partial charge on any atom is -0.338 e. The quantitative estimate of drug-likeness (QED) is 0.376. The smallest absolute Gasteiger partial charge is 0.276 e. The molecule has 0 radical (unpaired) electrons. The van der Waals surface area contributed by atoms with E-state index in [-0.39, 0.29) is 0 Å². The molecule has 0 aromatic heterocycles. The van der Waals surface area contributed by atoms with E-state index in [0.717, 1.165) is 17.9 Å². The van der Waals surface area contributed by atoms with Gasteiger partial charge in [-0.1, -0.05) is 36.4 Å². The molecular formula is C30H24F2N2O5. The van der Waals surface area contributed by atoms with Gasteiger partial charge in [0.1, 0.15) is 17.7 Å². The third kappa shape index (κ3) is 3.76. The Hall–Kier alpha value is -3.76. The Kier molecular flexibility index (Phi) is 5.54. The lowest BCUT2D eigenvalue weighted by molar-refractivity contribution is -0.522. The lowest BCUT2D eigenvalue weighted by atomic mass is 9.88. The van der Waals surface area contributed by atoms with E-state index in [1.165, 1.54) is 24.3 Å². The molecule has 4 aliphatic rings. The van der Waals surface area contributed by atoms with Crippen molar-refractivity contribution in [3.05, 3.63) is 113 Å². The van der Waals surface area contributed by atoms with Gasteiger partial charge in [-0.3, -0.25) is 9.59 Å². The SMILES string of the molecule is O=C1c2ccccc2C(=O)N1N[C@@H]1C(c2ccc(F)cc2)=C[C@@]2(c3ccc(F)cc3)OOC3(CCCC3)O[C@@H]12. The molecule has 39 heavy (non-hydrogen) atoms. The first-order chi connectivity index (χ1) is 18.9. The summed E-state index contributed by atoms with van der Waals surface area (Å²) < 4.78 is 34.5. The van der Waals surface area contributed by atoms with Crippen molar-refractivity contribution in [2.45, 2.75) is 49.2 Å². The van der Waals surface area contributed by atoms with Gasteiger partial charge in [-0.2, -0.15) is 4.89 Å². The number of hydrogen-bond acceptors (Lipinski definition) is 6. The van der Waals surface area contributed by atoms with Crippen molar-refractivity contribution < 1.29 is 32.9 Å². The molecule has 0 bridgehead atoms. The fourth-order valence-electron chi connectivity index (χ4n) is 6.05. The zero-order valence-electron chi connectivity index (χ0n) is 20.7. The highest BCUT2D eigenvalue weighted by Gasteiger charge is 2.61. The van der Waals surface area contributed by atoms with Crippen molar-refractivity contribution in [2.75, 3.05) is 0 Å². The molecule has 1 N–H and O–H groups in total. The first-order valence-electron chi connectivity index (χ1n) is 12.9. The highest BCUT2D eigenvalue weighted by atomic mass is 19.1. The van der Waals surface area contributed by atoms with E-state index < -0.39 is 47.0 Å². The molecule has 3 aromatic rings. The van der Waals surface area contributed by atoms with Gasteiger partial charge in [0, 0.05) is 12.8 Å². The van der Waals surface area contributed by atoms with Crippen LogP contribution >= 0.6 is 0 Å². The summed E-state index contributed by atoms with van der Waals surface area (Å²) >= 11 is 0. The molecule has 2 heterocycles. The first kappa shape index (κ1) is 24.3. The van der Waals surface area contributed by atoms with Gasteiger partial charge >= 0.3 is 0 Å². The van der Waals surface area contributed by atoms with Crippen molar-refractivity contribution in [1.82, 2.24) is 10.4 Å². The van der Waals surface area contributed by atoms with Crippen LogP contribution in [0.4, 0.5) is 8.78 Å². The second-order valence-corrected chi connectivity index (χ2v) is 10.3. The number of halogens is 2. The van der Waals surface area contributed by atoms with Crippen LogP contribution in [0.3, 0.4) is 0 Å². The number of nitrogens with zero attached hydrogens (tertiary/aromatic N) is 1. The maximum atomic E-state index is 13.9. The number of imide groups is 1. The molecule has 3 aromatic carbocycles. The molecule has 7 nitrogen and oxygen atoms in total. The summed E-state index contributed by atoms with van der Waals surface area (Å²) in [5, 5.41) is 0.994. The number of benzene rings is 3. The Morgan fingerprint density at radius 1 is 0.795 bits per heavy atom. The summed E-state index contributed by atoms with van der Waals surface area (Å²) in [4.78, 5) is 38.8. The van der Waals surface area contributed by atoms with E-state index in [4.69, 9.17) is 14.5 Å². The van der Waals surface area contributed by atoms with Gasteiger partial charge in [-0.25, -0.2) is 24.1 Å². The van der Waals surface area contributed by atoms with Crippen LogP contribution in [0.15, 0.2) is 78.9 Å². The molecule has 1 spiro atoms. The molecule has 2 aliphatic carbocycles. The monoisotopic (exact) mass is 530 g/mol. The lowest BCUT2D eigenvalue weighted by Crippen LogP contribution is -2.61. The predicted molar refractivity (Wildman–Crippen MR) is 135 cm³/mol. The van der Waals surface area contributed by atoms with E-state index in [1.807, 2.05) is 0 Å². The summed E-state index contributed by atoms with van der Waals surface area (Å²) in [6, 6.07) is 17.5. The van der Waals surface area contributed by atoms with E-state index in [9.17, 15) is 18.4 Å². The van der Waals surface area contributed by atoms with Crippen molar-refractivity contribution in [1.29, 1.82) is 0 Å². The third-order valence-electron chi connectivity index (χ3n) is 8.00. The highest BCUT2D eigenvalue weighted by molar-refractivity contribution is 6.21. The van der Waals surface area contributed by atoms with Crippen molar-refractivity contribution in [3.8, 4) is 0 Å². The Morgan fingerprint density at radius 3 is 2.00 bits per heavy atom. The Bertz CT molecular complexity index is 1470. The topological polar surface area (TPSA) is 77.1 Å². The van der Waals surface area contributed by atoms with E-state index in [2.05, 4.69) is 5.43 Å². The predicted octanol–water partition coefficient (Wildman–Crippen LogP) is 5.04. The lowest BCUT2D eigenvalue weighted by Gasteiger charge is -2.47. The summed E-state index contributed by atoms with van der Waals surface area (Å²) in [5.74, 6) is -2.80. The molecule has 9 heteroatoms. The van der Waals surface area contributed by atoms with E-state index in [1.54, 1.807) is 54.6 Å². The number of carbonyl (C=O) groups excluding carboxylic acids is 2. The van der Waals surface area contributed by atoms with Crippen LogP contribution in [0.25, 0.3) is 5.57 Å². The largest absolute Gasteiger partial charge is 0.338 e. The van der Waals surface area contributed by atoms with Crippen LogP contribution in [-0.4, -0.2) is 34.8 Å². The average Bonchev–Trinajstić information content (AvgIpc) is 3.61. The highest BCUT2D eigenvalue weighted by Crippen LogP contribution is 2.53. The van der Waals surface area contributed by atoms with Crippen LogP contribution in [0, 0.1) is 11.6 Å². The molecule has 1 saturated carbocycles. The molecule has 7 rings (SSSR count). The van der Waals surface area contributed by atoms with Gasteiger partial charge in [0.05, 0.1) is 17.2 Å². The van der Waals surface area contributed by atoms with Crippen LogP contribution < -0.4 is 5.43 Å². The van der Waals surface area contributed by atoms with Gasteiger partial charge in [0.15, 0.2) is 5.60 Å². The minimum absolute atomic E-state index is 0.293. The number of amides is 2. The van der Waals surface area contributed by atoms with Crippen molar-refractivity contribution >= 4 is 17.4 Å². The number of hydrogen-bond donors (Lipinski definition) is 1. The van der Waals surface area contributed by atoms with Gasteiger partial charge in [-0.05, 0) is 72.0 Å². The number of hydrazine groups is 1. The third-order valence-corrected chi connectivity index (χ3v) is 8.00. The molecule has 0 unspecified atom stereocenters. The second kappa shape index (κ2) is 8.89. The number of fused-ring (bicyclic) bond motifs is 2. The maximum Gasteiger partial charge on any atom is 0.276 e. The van der Waals surface area contributed by atoms with E-state index >= 15 is 0 Å². The fourth-order valence-corrected chi connectivity index (χ4v) is 6.05. The number of rotatable bonds is 4. The molecule has 2 amide bonds. The molecule has 2 fully saturated rings. The Labute approximate surface area is 222 Å². The summed E-state index contributed by atoms with van der Waals surface area (Å²) in [5.41, 5.74) is 4.18. The van der Waals surface area contributed by atoms with Crippen LogP contribution in [0.1, 0.15) is 57.5 Å². The Balaban J connectivity index is 1.36. The number of ether oxygens (including phenoxy) is 1. The number of carbonyl (C=O) groups is 2. The van der Waals surface area contributed by atoms with Crippen molar-refractivity contribution in [3.63, 3.8) is 0 Å². The van der Waals surface area contributed by atoms with Gasteiger partial charge in [-0.15, -0.1) is 0 Å². The second-order valence-electron chi connectivity index (χ2n) is 10.3. The van der Waals surface area contributed by atoms with Crippen LogP contribution in [-0.2, 0) is 20.1 Å². The standard InChI is InChI=1S/C30H24F2N2O5/c31-20-11-7-18(8-12-20)24-17-30(19-9-13-21(32)14-10-19)26(37-29(38-39-30)15-3-4-16-29)25(24)33-34-27(35)22-5-1-2-6-23(22)28(34)36/h1-2,5-14,17,25-26,33H,3-4,15-16H2/t25-,26+,30+/m1/s1. The maximum absolute atomic E-state index is 13.9.